The van der Waals surface area contributed by atoms with Gasteiger partial charge in [0.15, 0.2) is 6.10 Å². The fourth-order valence-electron chi connectivity index (χ4n) is 5.07. The maximum absolute atomic E-state index is 12.6. The maximum atomic E-state index is 12.6. The smallest absolute Gasteiger partial charge is 0.462 e. The quantitative estimate of drug-likeness (QED) is 0.0274. The summed E-state index contributed by atoms with van der Waals surface area (Å²) in [5, 5.41) is 0. The number of unbranched alkanes of at least 4 members (excludes halogenated alkanes) is 12. The molecule has 0 saturated heterocycles. The fraction of sp³-hybridized carbons (Fsp3) is 0.674. The summed E-state index contributed by atoms with van der Waals surface area (Å²) in [5.41, 5.74) is 5.34. The van der Waals surface area contributed by atoms with E-state index in [4.69, 9.17) is 24.3 Å². The van der Waals surface area contributed by atoms with E-state index in [0.29, 0.717) is 12.8 Å². The van der Waals surface area contributed by atoms with Crippen molar-refractivity contribution in [2.75, 3.05) is 26.4 Å². The average molecular weight is 764 g/mol. The van der Waals surface area contributed by atoms with Gasteiger partial charge in [-0.25, -0.2) is 4.57 Å². The van der Waals surface area contributed by atoms with Gasteiger partial charge in [-0.2, -0.15) is 0 Å². The molecule has 1 unspecified atom stereocenters. The molecule has 0 aliphatic rings. The Kier molecular flexibility index (Phi) is 37.3. The van der Waals surface area contributed by atoms with Crippen LogP contribution in [-0.4, -0.2) is 49.3 Å². The van der Waals surface area contributed by atoms with Crippen molar-refractivity contribution in [1.29, 1.82) is 0 Å². The number of esters is 2. The van der Waals surface area contributed by atoms with E-state index in [1.54, 1.807) is 0 Å². The zero-order valence-corrected chi connectivity index (χ0v) is 34.1. The predicted octanol–water partition coefficient (Wildman–Crippen LogP) is 11.5. The second kappa shape index (κ2) is 39.2. The topological polar surface area (TPSA) is 134 Å². The molecule has 0 aliphatic heterocycles. The predicted molar refractivity (Wildman–Crippen MR) is 219 cm³/mol. The summed E-state index contributed by atoms with van der Waals surface area (Å²) in [7, 11) is -4.39. The van der Waals surface area contributed by atoms with E-state index in [0.717, 1.165) is 89.9 Å². The van der Waals surface area contributed by atoms with Crippen LogP contribution in [0.3, 0.4) is 0 Å². The van der Waals surface area contributed by atoms with Crippen LogP contribution in [0, 0.1) is 0 Å². The van der Waals surface area contributed by atoms with Gasteiger partial charge in [-0.05, 0) is 83.5 Å². The number of phosphoric acid groups is 1. The largest absolute Gasteiger partial charge is 0.472 e. The lowest BCUT2D eigenvalue weighted by Crippen LogP contribution is -2.29. The molecule has 0 aromatic carbocycles. The number of hydrogen-bond donors (Lipinski definition) is 2. The molecule has 53 heavy (non-hydrogen) atoms. The maximum Gasteiger partial charge on any atom is 0.472 e. The van der Waals surface area contributed by atoms with Crippen LogP contribution in [0.25, 0.3) is 0 Å². The average Bonchev–Trinajstić information content (AvgIpc) is 3.14. The monoisotopic (exact) mass is 764 g/mol. The third-order valence-electron chi connectivity index (χ3n) is 8.08. The summed E-state index contributed by atoms with van der Waals surface area (Å²) in [4.78, 5) is 34.8. The molecular formula is C43H74NO8P. The summed E-state index contributed by atoms with van der Waals surface area (Å²) >= 11 is 0. The third-order valence-corrected chi connectivity index (χ3v) is 9.06. The van der Waals surface area contributed by atoms with Crippen LogP contribution in [0.4, 0.5) is 0 Å². The summed E-state index contributed by atoms with van der Waals surface area (Å²) in [6.07, 6.45) is 46.4. The highest BCUT2D eigenvalue weighted by molar-refractivity contribution is 7.47. The molecule has 304 valence electrons. The zero-order valence-electron chi connectivity index (χ0n) is 33.2. The van der Waals surface area contributed by atoms with Crippen molar-refractivity contribution < 1.29 is 37.6 Å². The Morgan fingerprint density at radius 3 is 1.55 bits per heavy atom. The number of allylic oxidation sites excluding steroid dienone is 12. The standard InChI is InChI=1S/C43H74NO8P/c1-3-5-7-9-11-13-15-17-19-20-22-24-26-28-30-32-34-36-43(46)52-41(40-51-53(47,48)50-38-37-44)39-49-42(45)35-33-31-29-27-25-23-21-18-16-14-12-10-8-6-4-2/h5,7,11-14,17-19,21-22,24,41H,3-4,6,8-10,15-16,20,23,25-40,44H2,1-2H3,(H,47,48)/b7-5-,13-11-,14-12-,19-17-,21-18-,24-22-/t41-/m1/s1. The van der Waals surface area contributed by atoms with Crippen LogP contribution in [0.1, 0.15) is 155 Å². The van der Waals surface area contributed by atoms with E-state index in [9.17, 15) is 19.0 Å². The lowest BCUT2D eigenvalue weighted by atomic mass is 10.1. The SMILES string of the molecule is CC/C=C\C/C=C\C/C=C\C/C=C\CCCCCCC(=O)O[C@H](COC(=O)CCCCCCC/C=C\C/C=C\CCCCC)COP(=O)(O)OCCN. The fourth-order valence-corrected chi connectivity index (χ4v) is 5.83. The van der Waals surface area contributed by atoms with Crippen LogP contribution >= 0.6 is 7.82 Å². The molecule has 9 nitrogen and oxygen atoms in total. The Morgan fingerprint density at radius 2 is 1.04 bits per heavy atom. The minimum absolute atomic E-state index is 0.0432. The van der Waals surface area contributed by atoms with E-state index in [1.807, 2.05) is 0 Å². The molecule has 0 saturated carbocycles. The van der Waals surface area contributed by atoms with Crippen LogP contribution in [0.15, 0.2) is 72.9 Å². The zero-order chi connectivity index (χ0) is 38.9. The Labute approximate surface area is 322 Å². The van der Waals surface area contributed by atoms with Gasteiger partial charge in [0.05, 0.1) is 13.2 Å². The molecule has 0 fully saturated rings. The highest BCUT2D eigenvalue weighted by Gasteiger charge is 2.25. The number of carbonyl (C=O) groups is 2. The van der Waals surface area contributed by atoms with Crippen LogP contribution < -0.4 is 5.73 Å². The van der Waals surface area contributed by atoms with Gasteiger partial charge < -0.3 is 20.1 Å². The van der Waals surface area contributed by atoms with Crippen molar-refractivity contribution in [3.05, 3.63) is 72.9 Å². The van der Waals surface area contributed by atoms with Crippen molar-refractivity contribution in [1.82, 2.24) is 0 Å². The van der Waals surface area contributed by atoms with E-state index < -0.39 is 32.5 Å². The molecule has 0 heterocycles. The van der Waals surface area contributed by atoms with Gasteiger partial charge in [0.1, 0.15) is 6.61 Å². The number of carbonyl (C=O) groups excluding carboxylic acids is 2. The summed E-state index contributed by atoms with van der Waals surface area (Å²) in [5.74, 6) is -0.880. The molecule has 10 heteroatoms. The van der Waals surface area contributed by atoms with Gasteiger partial charge in [-0.15, -0.1) is 0 Å². The van der Waals surface area contributed by atoms with Crippen molar-refractivity contribution in [2.24, 2.45) is 5.73 Å². The van der Waals surface area contributed by atoms with Gasteiger partial charge in [0.2, 0.25) is 0 Å². The third kappa shape index (κ3) is 39.0. The van der Waals surface area contributed by atoms with Crippen molar-refractivity contribution in [3.8, 4) is 0 Å². The minimum atomic E-state index is -4.39. The second-order valence-corrected chi connectivity index (χ2v) is 14.6. The molecule has 0 aromatic heterocycles. The van der Waals surface area contributed by atoms with E-state index >= 15 is 0 Å². The first-order chi connectivity index (χ1) is 25.8. The van der Waals surface area contributed by atoms with E-state index in [1.165, 1.54) is 25.7 Å². The van der Waals surface area contributed by atoms with Crippen LogP contribution in [0.5, 0.6) is 0 Å². The second-order valence-electron chi connectivity index (χ2n) is 13.1. The first-order valence-corrected chi connectivity index (χ1v) is 21.9. The Hall–Kier alpha value is -2.55. The van der Waals surface area contributed by atoms with Crippen LogP contribution in [0.2, 0.25) is 0 Å². The number of ether oxygens (including phenoxy) is 2. The van der Waals surface area contributed by atoms with Gasteiger partial charge in [0, 0.05) is 19.4 Å². The Bertz CT molecular complexity index is 1100. The molecule has 0 amide bonds. The normalized spacial score (nSPS) is 14.1. The molecular weight excluding hydrogens is 689 g/mol. The summed E-state index contributed by atoms with van der Waals surface area (Å²) in [6, 6.07) is 0. The summed E-state index contributed by atoms with van der Waals surface area (Å²) in [6.45, 7) is 3.52. The van der Waals surface area contributed by atoms with Crippen molar-refractivity contribution >= 4 is 19.8 Å². The molecule has 0 aromatic rings. The first kappa shape index (κ1) is 50.5. The lowest BCUT2D eigenvalue weighted by Gasteiger charge is -2.19. The molecule has 0 aliphatic carbocycles. The van der Waals surface area contributed by atoms with Crippen molar-refractivity contribution in [3.63, 3.8) is 0 Å². The van der Waals surface area contributed by atoms with Crippen molar-refractivity contribution in [2.45, 2.75) is 161 Å². The highest BCUT2D eigenvalue weighted by atomic mass is 31.2. The number of nitrogens with two attached hydrogens (primary N) is 1. The summed E-state index contributed by atoms with van der Waals surface area (Å²) < 4.78 is 32.7. The molecule has 3 N–H and O–H groups in total. The minimum Gasteiger partial charge on any atom is -0.462 e. The molecule has 0 rings (SSSR count). The molecule has 0 radical (unpaired) electrons. The molecule has 0 bridgehead atoms. The highest BCUT2D eigenvalue weighted by Crippen LogP contribution is 2.43. The van der Waals surface area contributed by atoms with Gasteiger partial charge in [-0.3, -0.25) is 18.6 Å². The Morgan fingerprint density at radius 1 is 0.585 bits per heavy atom. The lowest BCUT2D eigenvalue weighted by molar-refractivity contribution is -0.161. The molecule has 2 atom stereocenters. The molecule has 0 spiro atoms. The Balaban J connectivity index is 4.28. The van der Waals surface area contributed by atoms with Crippen LogP contribution in [-0.2, 0) is 32.7 Å². The number of rotatable bonds is 37. The number of phosphoric ester groups is 1. The van der Waals surface area contributed by atoms with Gasteiger partial charge >= 0.3 is 19.8 Å². The number of hydrogen-bond acceptors (Lipinski definition) is 8. The van der Waals surface area contributed by atoms with Gasteiger partial charge in [-0.1, -0.05) is 132 Å². The van der Waals surface area contributed by atoms with Gasteiger partial charge in [0.25, 0.3) is 0 Å². The van der Waals surface area contributed by atoms with E-state index in [-0.39, 0.29) is 32.6 Å². The van der Waals surface area contributed by atoms with E-state index in [2.05, 4.69) is 86.8 Å². The first-order valence-electron chi connectivity index (χ1n) is 20.4.